The molecule has 6 heteroatoms. The molecule has 2 aromatic carbocycles. The van der Waals surface area contributed by atoms with E-state index in [2.05, 4.69) is 41.4 Å². The van der Waals surface area contributed by atoms with Crippen molar-refractivity contribution in [1.82, 2.24) is 14.8 Å². The molecule has 23 heavy (non-hydrogen) atoms. The van der Waals surface area contributed by atoms with E-state index >= 15 is 0 Å². The minimum atomic E-state index is -0.867. The molecule has 3 rings (SSSR count). The molecule has 0 saturated heterocycles. The first-order chi connectivity index (χ1) is 11.1. The number of carboxylic acid groups (broad SMARTS) is 1. The lowest BCUT2D eigenvalue weighted by Crippen LogP contribution is -2.04. The third-order valence-corrected chi connectivity index (χ3v) is 4.65. The van der Waals surface area contributed by atoms with Gasteiger partial charge in [0.1, 0.15) is 5.82 Å². The topological polar surface area (TPSA) is 68.0 Å². The van der Waals surface area contributed by atoms with E-state index in [1.165, 1.54) is 22.7 Å². The highest BCUT2D eigenvalue weighted by molar-refractivity contribution is 7.99. The molecule has 0 unspecified atom stereocenters. The second-order valence-electron chi connectivity index (χ2n) is 5.19. The molecule has 0 aliphatic rings. The lowest BCUT2D eigenvalue weighted by molar-refractivity contribution is -0.133. The average Bonchev–Trinajstić information content (AvgIpc) is 2.92. The smallest absolute Gasteiger partial charge is 0.313 e. The van der Waals surface area contributed by atoms with Gasteiger partial charge in [-0.3, -0.25) is 9.36 Å². The average molecular weight is 327 g/mol. The summed E-state index contributed by atoms with van der Waals surface area (Å²) in [5, 5.41) is 20.1. The zero-order valence-electron chi connectivity index (χ0n) is 13.0. The van der Waals surface area contributed by atoms with E-state index in [9.17, 15) is 4.79 Å². The minimum Gasteiger partial charge on any atom is -0.481 e. The van der Waals surface area contributed by atoms with Crippen molar-refractivity contribution >= 4 is 28.5 Å². The van der Waals surface area contributed by atoms with Gasteiger partial charge in [0.05, 0.1) is 11.4 Å². The number of aryl methyl sites for hydroxylation is 2. The maximum Gasteiger partial charge on any atom is 0.313 e. The quantitative estimate of drug-likeness (QED) is 0.727. The van der Waals surface area contributed by atoms with Gasteiger partial charge >= 0.3 is 5.97 Å². The molecule has 1 heterocycles. The first-order valence-electron chi connectivity index (χ1n) is 7.39. The Bertz CT molecular complexity index is 873. The van der Waals surface area contributed by atoms with Crippen molar-refractivity contribution in [2.45, 2.75) is 25.4 Å². The number of hydrogen-bond donors (Lipinski definition) is 1. The van der Waals surface area contributed by atoms with Crippen molar-refractivity contribution in [3.63, 3.8) is 0 Å². The number of thioether (sulfide) groups is 1. The number of fused-ring (bicyclic) bond motifs is 1. The van der Waals surface area contributed by atoms with E-state index < -0.39 is 5.97 Å². The summed E-state index contributed by atoms with van der Waals surface area (Å²) >= 11 is 1.18. The molecule has 118 valence electrons. The highest BCUT2D eigenvalue weighted by Gasteiger charge is 2.15. The molecule has 0 aliphatic carbocycles. The standard InChI is InChI=1S/C17H17N3O2S/c1-3-12-8-9-15(14-7-5-4-6-13(12)14)20-11(2)18-19-17(20)23-10-16(21)22/h4-9H,3,10H2,1-2H3,(H,21,22). The Hall–Kier alpha value is -2.34. The maximum atomic E-state index is 10.8. The van der Waals surface area contributed by atoms with Crippen molar-refractivity contribution in [3.8, 4) is 5.69 Å². The summed E-state index contributed by atoms with van der Waals surface area (Å²) in [6.45, 7) is 4.01. The van der Waals surface area contributed by atoms with Gasteiger partial charge in [0.2, 0.25) is 0 Å². The fourth-order valence-electron chi connectivity index (χ4n) is 2.69. The van der Waals surface area contributed by atoms with E-state index in [0.717, 1.165) is 23.3 Å². The van der Waals surface area contributed by atoms with Crippen LogP contribution in [-0.2, 0) is 11.2 Å². The Morgan fingerprint density at radius 2 is 1.91 bits per heavy atom. The Labute approximate surface area is 138 Å². The van der Waals surface area contributed by atoms with E-state index in [1.807, 2.05) is 23.6 Å². The normalized spacial score (nSPS) is 11.0. The van der Waals surface area contributed by atoms with E-state index in [4.69, 9.17) is 5.11 Å². The van der Waals surface area contributed by atoms with Crippen LogP contribution < -0.4 is 0 Å². The molecule has 0 aliphatic heterocycles. The molecule has 0 spiro atoms. The molecule has 1 aromatic heterocycles. The zero-order valence-corrected chi connectivity index (χ0v) is 13.8. The van der Waals surface area contributed by atoms with Gasteiger partial charge in [0, 0.05) is 5.39 Å². The van der Waals surface area contributed by atoms with Crippen molar-refractivity contribution in [3.05, 3.63) is 47.8 Å². The summed E-state index contributed by atoms with van der Waals surface area (Å²) in [6.07, 6.45) is 0.961. The number of hydrogen-bond acceptors (Lipinski definition) is 4. The first kappa shape index (κ1) is 15.6. The van der Waals surface area contributed by atoms with Crippen molar-refractivity contribution in [1.29, 1.82) is 0 Å². The van der Waals surface area contributed by atoms with E-state index in [-0.39, 0.29) is 5.75 Å². The molecule has 0 amide bonds. The summed E-state index contributed by atoms with van der Waals surface area (Å²) in [7, 11) is 0. The van der Waals surface area contributed by atoms with E-state index in [1.54, 1.807) is 0 Å². The number of carboxylic acids is 1. The number of nitrogens with zero attached hydrogens (tertiary/aromatic N) is 3. The molecule has 0 radical (unpaired) electrons. The molecule has 0 bridgehead atoms. The van der Waals surface area contributed by atoms with Crippen LogP contribution in [0, 0.1) is 6.92 Å². The SMILES string of the molecule is CCc1ccc(-n2c(C)nnc2SCC(=O)O)c2ccccc12. The lowest BCUT2D eigenvalue weighted by Gasteiger charge is -2.13. The predicted octanol–water partition coefficient (Wildman–Crippen LogP) is 3.47. The Kier molecular flexibility index (Phi) is 4.34. The molecular formula is C17H17N3O2S. The molecule has 0 saturated carbocycles. The van der Waals surface area contributed by atoms with E-state index in [0.29, 0.717) is 5.16 Å². The summed E-state index contributed by atoms with van der Waals surface area (Å²) in [6, 6.07) is 12.4. The second kappa shape index (κ2) is 6.42. The highest BCUT2D eigenvalue weighted by Crippen LogP contribution is 2.30. The molecular weight excluding hydrogens is 310 g/mol. The second-order valence-corrected chi connectivity index (χ2v) is 6.13. The van der Waals surface area contributed by atoms with Gasteiger partial charge in [0.15, 0.2) is 5.16 Å². The summed E-state index contributed by atoms with van der Waals surface area (Å²) in [5.41, 5.74) is 2.27. The van der Waals surface area contributed by atoms with Crippen LogP contribution in [0.4, 0.5) is 0 Å². The van der Waals surface area contributed by atoms with Gasteiger partial charge in [-0.25, -0.2) is 0 Å². The van der Waals surface area contributed by atoms with Crippen LogP contribution in [0.3, 0.4) is 0 Å². The molecule has 3 aromatic rings. The van der Waals surface area contributed by atoms with Gasteiger partial charge in [-0.2, -0.15) is 0 Å². The Morgan fingerprint density at radius 1 is 1.17 bits per heavy atom. The van der Waals surface area contributed by atoms with Crippen LogP contribution in [0.25, 0.3) is 16.5 Å². The van der Waals surface area contributed by atoms with Crippen molar-refractivity contribution in [2.75, 3.05) is 5.75 Å². The summed E-state index contributed by atoms with van der Waals surface area (Å²) in [5.74, 6) is -0.163. The van der Waals surface area contributed by atoms with Crippen LogP contribution in [0.2, 0.25) is 0 Å². The van der Waals surface area contributed by atoms with Crippen LogP contribution in [0.15, 0.2) is 41.6 Å². The van der Waals surface area contributed by atoms with Crippen molar-refractivity contribution < 1.29 is 9.90 Å². The van der Waals surface area contributed by atoms with Gasteiger partial charge < -0.3 is 5.11 Å². The third-order valence-electron chi connectivity index (χ3n) is 3.73. The molecule has 5 nitrogen and oxygen atoms in total. The minimum absolute atomic E-state index is 0.0386. The summed E-state index contributed by atoms with van der Waals surface area (Å²) in [4.78, 5) is 10.8. The number of aliphatic carboxylic acids is 1. The zero-order chi connectivity index (χ0) is 16.4. The first-order valence-corrected chi connectivity index (χ1v) is 8.38. The molecule has 1 N–H and O–H groups in total. The molecule has 0 fully saturated rings. The fraction of sp³-hybridized carbons (Fsp3) is 0.235. The number of aromatic nitrogens is 3. The number of carbonyl (C=O) groups is 1. The van der Waals surface area contributed by atoms with Crippen LogP contribution in [0.1, 0.15) is 18.3 Å². The third kappa shape index (κ3) is 2.94. The summed E-state index contributed by atoms with van der Waals surface area (Å²) < 4.78 is 1.93. The Morgan fingerprint density at radius 3 is 2.61 bits per heavy atom. The largest absolute Gasteiger partial charge is 0.481 e. The maximum absolute atomic E-state index is 10.8. The number of benzene rings is 2. The van der Waals surface area contributed by atoms with Gasteiger partial charge in [-0.15, -0.1) is 10.2 Å². The van der Waals surface area contributed by atoms with Gasteiger partial charge in [-0.05, 0) is 30.4 Å². The monoisotopic (exact) mass is 327 g/mol. The van der Waals surface area contributed by atoms with Crippen LogP contribution in [0.5, 0.6) is 0 Å². The number of rotatable bonds is 5. The fourth-order valence-corrected chi connectivity index (χ4v) is 3.40. The molecule has 0 atom stereocenters. The highest BCUT2D eigenvalue weighted by atomic mass is 32.2. The lowest BCUT2D eigenvalue weighted by atomic mass is 10.0. The Balaban J connectivity index is 2.18. The van der Waals surface area contributed by atoms with Crippen molar-refractivity contribution in [2.24, 2.45) is 0 Å². The van der Waals surface area contributed by atoms with Gasteiger partial charge in [-0.1, -0.05) is 49.0 Å². The van der Waals surface area contributed by atoms with Crippen LogP contribution in [-0.4, -0.2) is 31.6 Å². The van der Waals surface area contributed by atoms with Gasteiger partial charge in [0.25, 0.3) is 0 Å². The predicted molar refractivity (Wildman–Crippen MR) is 91.3 cm³/mol. The van der Waals surface area contributed by atoms with Crippen LogP contribution >= 0.6 is 11.8 Å².